The molecule has 0 bridgehead atoms. The third-order valence-electron chi connectivity index (χ3n) is 6.45. The summed E-state index contributed by atoms with van der Waals surface area (Å²) in [6, 6.07) is 2.27. The first kappa shape index (κ1) is 22.7. The summed E-state index contributed by atoms with van der Waals surface area (Å²) in [5.41, 5.74) is 1.74. The minimum atomic E-state index is -3.41. The Balaban J connectivity index is 1.31. The molecule has 0 atom stereocenters. The van der Waals surface area contributed by atoms with E-state index in [1.54, 1.807) is 8.61 Å². The molecule has 31 heavy (non-hydrogen) atoms. The molecule has 1 aliphatic carbocycles. The summed E-state index contributed by atoms with van der Waals surface area (Å²) in [5, 5.41) is 13.2. The fourth-order valence-electron chi connectivity index (χ4n) is 4.70. The number of aryl methyl sites for hydroxylation is 1. The number of anilines is 1. The van der Waals surface area contributed by atoms with Crippen molar-refractivity contribution in [2.45, 2.75) is 51.4 Å². The van der Waals surface area contributed by atoms with Crippen LogP contribution in [-0.2, 0) is 27.8 Å². The van der Waals surface area contributed by atoms with E-state index < -0.39 is 10.2 Å². The number of hydrogen-bond acceptors (Lipinski definition) is 6. The number of carbonyl (C=O) groups is 1. The van der Waals surface area contributed by atoms with Gasteiger partial charge in [0.05, 0.1) is 12.1 Å². The molecule has 2 aliphatic heterocycles. The van der Waals surface area contributed by atoms with Gasteiger partial charge in [-0.25, -0.2) is 0 Å². The Labute approximate surface area is 189 Å². The lowest BCUT2D eigenvalue weighted by molar-refractivity contribution is -0.117. The van der Waals surface area contributed by atoms with Crippen molar-refractivity contribution < 1.29 is 13.2 Å². The molecule has 1 N–H and O–H groups in total. The van der Waals surface area contributed by atoms with E-state index in [9.17, 15) is 18.5 Å². The summed E-state index contributed by atoms with van der Waals surface area (Å²) in [7, 11) is -3.41. The molecule has 0 aromatic carbocycles. The van der Waals surface area contributed by atoms with Crippen LogP contribution < -0.4 is 5.32 Å². The molecule has 0 saturated carbocycles. The van der Waals surface area contributed by atoms with Crippen LogP contribution in [0, 0.1) is 11.3 Å². The predicted molar refractivity (Wildman–Crippen MR) is 121 cm³/mol. The number of hydrogen-bond donors (Lipinski definition) is 1. The molecular formula is C21H31N5O3S2. The second-order valence-corrected chi connectivity index (χ2v) is 11.6. The van der Waals surface area contributed by atoms with Crippen molar-refractivity contribution in [1.29, 1.82) is 5.26 Å². The number of piperazine rings is 1. The van der Waals surface area contributed by atoms with E-state index in [0.717, 1.165) is 56.9 Å². The number of thiophene rings is 1. The fraction of sp³-hybridized carbons (Fsp3) is 0.714. The van der Waals surface area contributed by atoms with Crippen molar-refractivity contribution in [2.75, 3.05) is 51.1 Å². The molecule has 2 fully saturated rings. The van der Waals surface area contributed by atoms with E-state index in [0.29, 0.717) is 49.8 Å². The highest BCUT2D eigenvalue weighted by Crippen LogP contribution is 2.37. The number of amides is 1. The SMILES string of the molecule is N#Cc1c(NC(=O)CN2CCN(S(=O)(=O)N3CCCCCC3)CC2)sc2c1CCCC2. The highest BCUT2D eigenvalue weighted by atomic mass is 32.2. The lowest BCUT2D eigenvalue weighted by atomic mass is 9.96. The second kappa shape index (κ2) is 9.96. The summed E-state index contributed by atoms with van der Waals surface area (Å²) in [6.07, 6.45) is 8.17. The van der Waals surface area contributed by atoms with E-state index in [1.807, 2.05) is 4.90 Å². The fourth-order valence-corrected chi connectivity index (χ4v) is 7.62. The number of nitrogens with one attached hydrogen (secondary N) is 1. The first-order valence-corrected chi connectivity index (χ1v) is 13.5. The molecule has 1 aromatic rings. The minimum Gasteiger partial charge on any atom is -0.315 e. The van der Waals surface area contributed by atoms with Crippen LogP contribution in [0.5, 0.6) is 0 Å². The zero-order chi connectivity index (χ0) is 21.8. The Kier molecular flexibility index (Phi) is 7.29. The largest absolute Gasteiger partial charge is 0.315 e. The van der Waals surface area contributed by atoms with Gasteiger partial charge in [0.25, 0.3) is 10.2 Å². The number of rotatable bonds is 5. The highest BCUT2D eigenvalue weighted by Gasteiger charge is 2.33. The molecule has 0 unspecified atom stereocenters. The number of carbonyl (C=O) groups excluding carboxylic acids is 1. The maximum atomic E-state index is 13.0. The van der Waals surface area contributed by atoms with Crippen LogP contribution in [-0.4, -0.2) is 73.6 Å². The van der Waals surface area contributed by atoms with Crippen LogP contribution in [0.25, 0.3) is 0 Å². The monoisotopic (exact) mass is 465 g/mol. The zero-order valence-corrected chi connectivity index (χ0v) is 19.6. The van der Waals surface area contributed by atoms with Crippen molar-refractivity contribution in [3.05, 3.63) is 16.0 Å². The molecule has 3 aliphatic rings. The highest BCUT2D eigenvalue weighted by molar-refractivity contribution is 7.86. The van der Waals surface area contributed by atoms with Crippen molar-refractivity contribution in [1.82, 2.24) is 13.5 Å². The molecule has 1 aromatic heterocycles. The molecular weight excluding hydrogens is 434 g/mol. The quantitative estimate of drug-likeness (QED) is 0.719. The standard InChI is InChI=1S/C21H31N5O3S2/c22-15-18-17-7-3-4-8-19(17)30-21(18)23-20(27)16-24-11-13-26(14-12-24)31(28,29)25-9-5-1-2-6-10-25/h1-14,16H2,(H,23,27). The van der Waals surface area contributed by atoms with E-state index in [4.69, 9.17) is 0 Å². The average molecular weight is 466 g/mol. The molecule has 10 heteroatoms. The average Bonchev–Trinajstić information content (AvgIpc) is 2.92. The van der Waals surface area contributed by atoms with Crippen LogP contribution >= 0.6 is 11.3 Å². The molecule has 1 amide bonds. The van der Waals surface area contributed by atoms with Crippen LogP contribution in [0.2, 0.25) is 0 Å². The van der Waals surface area contributed by atoms with Crippen molar-refractivity contribution in [3.8, 4) is 6.07 Å². The van der Waals surface area contributed by atoms with Crippen LogP contribution in [0.15, 0.2) is 0 Å². The molecule has 8 nitrogen and oxygen atoms in total. The molecule has 0 spiro atoms. The van der Waals surface area contributed by atoms with Gasteiger partial charge in [0.1, 0.15) is 11.1 Å². The van der Waals surface area contributed by atoms with E-state index in [2.05, 4.69) is 11.4 Å². The maximum Gasteiger partial charge on any atom is 0.282 e. The van der Waals surface area contributed by atoms with Crippen LogP contribution in [0.1, 0.15) is 54.5 Å². The van der Waals surface area contributed by atoms with Gasteiger partial charge >= 0.3 is 0 Å². The third-order valence-corrected chi connectivity index (χ3v) is 9.69. The number of nitriles is 1. The van der Waals surface area contributed by atoms with Gasteiger partial charge in [-0.15, -0.1) is 11.3 Å². The van der Waals surface area contributed by atoms with Crippen LogP contribution in [0.3, 0.4) is 0 Å². The minimum absolute atomic E-state index is 0.140. The molecule has 2 saturated heterocycles. The Bertz CT molecular complexity index is 937. The molecule has 3 heterocycles. The summed E-state index contributed by atoms with van der Waals surface area (Å²) in [6.45, 7) is 3.31. The Hall–Kier alpha value is -1.51. The Morgan fingerprint density at radius 3 is 2.26 bits per heavy atom. The van der Waals surface area contributed by atoms with Gasteiger partial charge in [0.2, 0.25) is 5.91 Å². The second-order valence-electron chi connectivity index (χ2n) is 8.57. The summed E-state index contributed by atoms with van der Waals surface area (Å²) in [5.74, 6) is -0.140. The van der Waals surface area contributed by atoms with Gasteiger partial charge in [-0.05, 0) is 44.1 Å². The lowest BCUT2D eigenvalue weighted by Crippen LogP contribution is -2.54. The van der Waals surface area contributed by atoms with Gasteiger partial charge < -0.3 is 5.32 Å². The summed E-state index contributed by atoms with van der Waals surface area (Å²) in [4.78, 5) is 15.8. The van der Waals surface area contributed by atoms with Crippen LogP contribution in [0.4, 0.5) is 5.00 Å². The zero-order valence-electron chi connectivity index (χ0n) is 17.9. The van der Waals surface area contributed by atoms with Gasteiger partial charge in [-0.1, -0.05) is 12.8 Å². The summed E-state index contributed by atoms with van der Waals surface area (Å²) >= 11 is 1.53. The van der Waals surface area contributed by atoms with Gasteiger partial charge in [-0.2, -0.15) is 22.3 Å². The van der Waals surface area contributed by atoms with Crippen molar-refractivity contribution >= 4 is 32.5 Å². The lowest BCUT2D eigenvalue weighted by Gasteiger charge is -2.36. The molecule has 170 valence electrons. The van der Waals surface area contributed by atoms with Gasteiger partial charge in [0, 0.05) is 44.1 Å². The smallest absolute Gasteiger partial charge is 0.282 e. The predicted octanol–water partition coefficient (Wildman–Crippen LogP) is 2.18. The Morgan fingerprint density at radius 2 is 1.58 bits per heavy atom. The number of nitrogens with zero attached hydrogens (tertiary/aromatic N) is 4. The summed E-state index contributed by atoms with van der Waals surface area (Å²) < 4.78 is 29.1. The van der Waals surface area contributed by atoms with Gasteiger partial charge in [0.15, 0.2) is 0 Å². The van der Waals surface area contributed by atoms with Gasteiger partial charge in [-0.3, -0.25) is 9.69 Å². The van der Waals surface area contributed by atoms with E-state index >= 15 is 0 Å². The normalized spacial score (nSPS) is 21.8. The molecule has 0 radical (unpaired) electrons. The topological polar surface area (TPSA) is 96.7 Å². The van der Waals surface area contributed by atoms with Crippen molar-refractivity contribution in [2.24, 2.45) is 0 Å². The first-order chi connectivity index (χ1) is 15.0. The molecule has 4 rings (SSSR count). The first-order valence-electron chi connectivity index (χ1n) is 11.3. The third kappa shape index (κ3) is 5.12. The number of fused-ring (bicyclic) bond motifs is 1. The van der Waals surface area contributed by atoms with Crippen molar-refractivity contribution in [3.63, 3.8) is 0 Å². The maximum absolute atomic E-state index is 13.0. The Morgan fingerprint density at radius 1 is 0.935 bits per heavy atom. The van der Waals surface area contributed by atoms with E-state index in [1.165, 1.54) is 16.2 Å². The van der Waals surface area contributed by atoms with E-state index in [-0.39, 0.29) is 12.5 Å².